The molecule has 10 heteroatoms. The quantitative estimate of drug-likeness (QED) is 0.180. The van der Waals surface area contributed by atoms with Gasteiger partial charge in [-0.2, -0.15) is 0 Å². The van der Waals surface area contributed by atoms with Gasteiger partial charge in [-0.1, -0.05) is 100 Å². The summed E-state index contributed by atoms with van der Waals surface area (Å²) in [6, 6.07) is 7.22. The van der Waals surface area contributed by atoms with Crippen LogP contribution in [-0.2, 0) is 18.7 Å². The van der Waals surface area contributed by atoms with E-state index < -0.39 is 26.4 Å². The van der Waals surface area contributed by atoms with Crippen molar-refractivity contribution in [3.05, 3.63) is 34.3 Å². The SMILES string of the molecule is CCOC(=O)C(C)Oc1c(Cl)ccc(P(=O)(C2CCCCC2)C2CCCCC2)c1-c1c(P(=O)(C2CCCCC2)C2CCCCC2)ccc(Cl)c1O. The Labute approximate surface area is 315 Å². The lowest BCUT2D eigenvalue weighted by molar-refractivity contribution is -0.150. The molecule has 0 aromatic heterocycles. The van der Waals surface area contributed by atoms with Gasteiger partial charge in [-0.25, -0.2) is 4.79 Å². The number of hydrogen-bond acceptors (Lipinski definition) is 6. The van der Waals surface area contributed by atoms with Gasteiger partial charge in [-0.3, -0.25) is 0 Å². The summed E-state index contributed by atoms with van der Waals surface area (Å²) in [4.78, 5) is 13.1. The van der Waals surface area contributed by atoms with Crippen molar-refractivity contribution in [3.63, 3.8) is 0 Å². The lowest BCUT2D eigenvalue weighted by Gasteiger charge is -2.41. The maximum Gasteiger partial charge on any atom is 0.347 e. The normalized spacial score (nSPS) is 21.3. The number of benzene rings is 2. The third-order valence-electron chi connectivity index (χ3n) is 12.6. The fourth-order valence-electron chi connectivity index (χ4n) is 10.0. The number of ether oxygens (including phenoxy) is 2. The first kappa shape index (κ1) is 39.2. The summed E-state index contributed by atoms with van der Waals surface area (Å²) in [6.07, 6.45) is 18.8. The molecule has 2 aromatic carbocycles. The summed E-state index contributed by atoms with van der Waals surface area (Å²) in [6.45, 7) is 3.57. The van der Waals surface area contributed by atoms with Crippen molar-refractivity contribution in [1.82, 2.24) is 0 Å². The molecule has 4 fully saturated rings. The van der Waals surface area contributed by atoms with E-state index in [0.717, 1.165) is 128 Å². The zero-order chi connectivity index (χ0) is 36.2. The zero-order valence-corrected chi connectivity index (χ0v) is 34.0. The van der Waals surface area contributed by atoms with Crippen molar-refractivity contribution in [3.8, 4) is 22.6 Å². The lowest BCUT2D eigenvalue weighted by Crippen LogP contribution is -2.34. The van der Waals surface area contributed by atoms with E-state index in [1.165, 1.54) is 0 Å². The van der Waals surface area contributed by atoms with E-state index in [0.29, 0.717) is 21.7 Å². The van der Waals surface area contributed by atoms with Crippen LogP contribution in [0.5, 0.6) is 11.5 Å². The van der Waals surface area contributed by atoms with Crippen LogP contribution >= 0.6 is 37.5 Å². The summed E-state index contributed by atoms with van der Waals surface area (Å²) in [5.41, 5.74) is 0.707. The van der Waals surface area contributed by atoms with Gasteiger partial charge >= 0.3 is 5.97 Å². The Kier molecular flexibility index (Phi) is 13.3. The van der Waals surface area contributed by atoms with Gasteiger partial charge in [0.15, 0.2) is 6.10 Å². The van der Waals surface area contributed by atoms with E-state index in [9.17, 15) is 9.90 Å². The highest BCUT2D eigenvalue weighted by Crippen LogP contribution is 2.67. The molecule has 282 valence electrons. The van der Waals surface area contributed by atoms with Crippen LogP contribution in [0, 0.1) is 0 Å². The van der Waals surface area contributed by atoms with Crippen LogP contribution < -0.4 is 15.3 Å². The molecule has 4 aliphatic carbocycles. The first-order valence-corrected chi connectivity index (χ1v) is 24.4. The summed E-state index contributed by atoms with van der Waals surface area (Å²) in [5, 5.41) is 13.9. The Morgan fingerprint density at radius 1 is 0.667 bits per heavy atom. The highest BCUT2D eigenvalue weighted by atomic mass is 35.5. The number of hydrogen-bond donors (Lipinski definition) is 1. The molecule has 1 atom stereocenters. The predicted molar refractivity (Wildman–Crippen MR) is 212 cm³/mol. The molecule has 0 aliphatic heterocycles. The second kappa shape index (κ2) is 17.3. The van der Waals surface area contributed by atoms with Crippen LogP contribution in [-0.4, -0.2) is 46.4 Å². The van der Waals surface area contributed by atoms with Gasteiger partial charge in [0.25, 0.3) is 0 Å². The molecular formula is C41H58Cl2O6P2. The molecule has 0 spiro atoms. The Morgan fingerprint density at radius 3 is 1.43 bits per heavy atom. The molecular weight excluding hydrogens is 721 g/mol. The van der Waals surface area contributed by atoms with Gasteiger partial charge in [-0.05, 0) is 89.5 Å². The molecule has 0 saturated heterocycles. The zero-order valence-electron chi connectivity index (χ0n) is 30.7. The molecule has 6 nitrogen and oxygen atoms in total. The molecule has 0 bridgehead atoms. The molecule has 4 aliphatic rings. The van der Waals surface area contributed by atoms with E-state index in [-0.39, 0.29) is 50.8 Å². The number of phenolic OH excluding ortho intramolecular Hbond substituents is 1. The molecule has 51 heavy (non-hydrogen) atoms. The van der Waals surface area contributed by atoms with E-state index in [1.54, 1.807) is 26.0 Å². The number of halogens is 2. The van der Waals surface area contributed by atoms with Crippen LogP contribution in [0.3, 0.4) is 0 Å². The summed E-state index contributed by atoms with van der Waals surface area (Å²) < 4.78 is 44.8. The minimum atomic E-state index is -3.22. The highest BCUT2D eigenvalue weighted by molar-refractivity contribution is 7.74. The molecule has 1 unspecified atom stereocenters. The Balaban J connectivity index is 1.68. The third kappa shape index (κ3) is 7.88. The van der Waals surface area contributed by atoms with Crippen LogP contribution in [0.15, 0.2) is 24.3 Å². The van der Waals surface area contributed by atoms with Gasteiger partial charge in [-0.15, -0.1) is 0 Å². The maximum absolute atomic E-state index is 16.5. The van der Waals surface area contributed by atoms with Gasteiger partial charge in [0.1, 0.15) is 25.8 Å². The average molecular weight is 780 g/mol. The van der Waals surface area contributed by atoms with Gasteiger partial charge in [0.2, 0.25) is 0 Å². The first-order valence-electron chi connectivity index (χ1n) is 20.0. The Morgan fingerprint density at radius 2 is 1.04 bits per heavy atom. The minimum Gasteiger partial charge on any atom is -0.506 e. The molecule has 4 saturated carbocycles. The van der Waals surface area contributed by atoms with Crippen LogP contribution in [0.1, 0.15) is 142 Å². The second-order valence-electron chi connectivity index (χ2n) is 15.7. The van der Waals surface area contributed by atoms with E-state index in [1.807, 2.05) is 12.1 Å². The van der Waals surface area contributed by atoms with Crippen LogP contribution in [0.4, 0.5) is 0 Å². The van der Waals surface area contributed by atoms with Crippen molar-refractivity contribution in [2.45, 2.75) is 171 Å². The standard InChI is InChI=1S/C41H58Cl2O6P2/c1-3-48-41(45)28(2)49-40-34(43)25-27-36(51(47,31-20-12-6-13-21-31)32-22-14-7-15-23-32)38(40)37-35(26-24-33(42)39(37)44)50(46,29-16-8-4-9-17-29)30-18-10-5-11-19-30/h24-32,44H,3-23H2,1-2H3. The predicted octanol–water partition coefficient (Wildman–Crippen LogP) is 12.0. The first-order chi connectivity index (χ1) is 24.6. The van der Waals surface area contributed by atoms with E-state index in [4.69, 9.17) is 32.7 Å². The number of rotatable bonds is 11. The maximum atomic E-state index is 16.5. The van der Waals surface area contributed by atoms with Gasteiger partial charge < -0.3 is 23.7 Å². The summed E-state index contributed by atoms with van der Waals surface area (Å²) in [5.74, 6) is -0.547. The summed E-state index contributed by atoms with van der Waals surface area (Å²) in [7, 11) is -6.43. The largest absolute Gasteiger partial charge is 0.506 e. The third-order valence-corrected chi connectivity index (χ3v) is 21.8. The number of esters is 1. The fourth-order valence-corrected chi connectivity index (χ4v) is 19.4. The molecule has 0 heterocycles. The van der Waals surface area contributed by atoms with Gasteiger partial charge in [0.05, 0.1) is 16.7 Å². The molecule has 0 radical (unpaired) electrons. The van der Waals surface area contributed by atoms with Crippen LogP contribution in [0.25, 0.3) is 11.1 Å². The summed E-state index contributed by atoms with van der Waals surface area (Å²) >= 11 is 14.0. The number of aromatic hydroxyl groups is 1. The van der Waals surface area contributed by atoms with E-state index in [2.05, 4.69) is 0 Å². The monoisotopic (exact) mass is 778 g/mol. The number of carbonyl (C=O) groups is 1. The van der Waals surface area contributed by atoms with Crippen molar-refractivity contribution in [2.75, 3.05) is 6.61 Å². The molecule has 2 aromatic rings. The van der Waals surface area contributed by atoms with Crippen molar-refractivity contribution < 1.29 is 28.5 Å². The molecule has 0 amide bonds. The minimum absolute atomic E-state index is 0.0115. The number of phenols is 1. The second-order valence-corrected chi connectivity index (χ2v) is 23.2. The van der Waals surface area contributed by atoms with Gasteiger partial charge in [0, 0.05) is 44.4 Å². The smallest absolute Gasteiger partial charge is 0.347 e. The van der Waals surface area contributed by atoms with E-state index >= 15 is 9.13 Å². The number of carbonyl (C=O) groups excluding carboxylic acids is 1. The fraction of sp³-hybridized carbons (Fsp3) is 0.683. The Hall–Kier alpha value is -1.45. The molecule has 1 N–H and O–H groups in total. The topological polar surface area (TPSA) is 89.9 Å². The average Bonchev–Trinajstić information content (AvgIpc) is 3.17. The Bertz CT molecular complexity index is 1580. The lowest BCUT2D eigenvalue weighted by atomic mass is 9.99. The van der Waals surface area contributed by atoms with Crippen molar-refractivity contribution in [1.29, 1.82) is 0 Å². The van der Waals surface area contributed by atoms with Crippen molar-refractivity contribution >= 4 is 54.1 Å². The van der Waals surface area contributed by atoms with Crippen molar-refractivity contribution in [2.24, 2.45) is 0 Å². The highest BCUT2D eigenvalue weighted by Gasteiger charge is 2.48. The molecule has 6 rings (SSSR count). The van der Waals surface area contributed by atoms with Crippen LogP contribution in [0.2, 0.25) is 10.0 Å².